The van der Waals surface area contributed by atoms with Crippen molar-refractivity contribution in [2.24, 2.45) is 0 Å². The lowest BCUT2D eigenvalue weighted by atomic mass is 10.1. The predicted octanol–water partition coefficient (Wildman–Crippen LogP) is 2.52. The zero-order valence-electron chi connectivity index (χ0n) is 12.8. The molecule has 0 radical (unpaired) electrons. The summed E-state index contributed by atoms with van der Waals surface area (Å²) in [7, 11) is 0. The minimum absolute atomic E-state index is 0. The topological polar surface area (TPSA) is 33.1 Å². The highest BCUT2D eigenvalue weighted by Gasteiger charge is 2.35. The molecular formula is C15H27ClN4. The number of hydrogen-bond acceptors (Lipinski definition) is 3. The number of aromatic nitrogens is 2. The second-order valence-corrected chi connectivity index (χ2v) is 6.36. The molecule has 2 aliphatic rings. The minimum Gasteiger partial charge on any atom is -0.315 e. The van der Waals surface area contributed by atoms with E-state index in [9.17, 15) is 0 Å². The Morgan fingerprint density at radius 2 is 2.10 bits per heavy atom. The molecule has 1 aromatic heterocycles. The molecule has 114 valence electrons. The smallest absolute Gasteiger partial charge is 0.0638 e. The molecule has 1 aliphatic heterocycles. The first-order valence-corrected chi connectivity index (χ1v) is 7.66. The van der Waals surface area contributed by atoms with Gasteiger partial charge in [-0.1, -0.05) is 0 Å². The molecule has 0 amide bonds. The van der Waals surface area contributed by atoms with Gasteiger partial charge in [0.1, 0.15) is 0 Å². The van der Waals surface area contributed by atoms with E-state index in [0.717, 1.165) is 25.2 Å². The second kappa shape index (κ2) is 6.46. The highest BCUT2D eigenvalue weighted by atomic mass is 35.5. The van der Waals surface area contributed by atoms with E-state index >= 15 is 0 Å². The fraction of sp³-hybridized carbons (Fsp3) is 0.800. The van der Waals surface area contributed by atoms with Crippen LogP contribution in [0.25, 0.3) is 0 Å². The summed E-state index contributed by atoms with van der Waals surface area (Å²) < 4.78 is 2.10. The summed E-state index contributed by atoms with van der Waals surface area (Å²) in [6.07, 6.45) is 6.31. The van der Waals surface area contributed by atoms with Gasteiger partial charge in [0, 0.05) is 43.0 Å². The molecule has 1 N–H and O–H groups in total. The van der Waals surface area contributed by atoms with Crippen molar-refractivity contribution >= 4 is 12.4 Å². The van der Waals surface area contributed by atoms with Crippen LogP contribution in [0.3, 0.4) is 0 Å². The van der Waals surface area contributed by atoms with Gasteiger partial charge in [-0.15, -0.1) is 12.4 Å². The number of nitrogens with one attached hydrogen (secondary N) is 1. The van der Waals surface area contributed by atoms with E-state index in [4.69, 9.17) is 0 Å². The first-order chi connectivity index (χ1) is 9.15. The first-order valence-electron chi connectivity index (χ1n) is 7.66. The molecule has 5 heteroatoms. The quantitative estimate of drug-likeness (QED) is 0.907. The van der Waals surface area contributed by atoms with Crippen LogP contribution in [0.15, 0.2) is 6.20 Å². The summed E-state index contributed by atoms with van der Waals surface area (Å²) in [5.74, 6) is 0. The van der Waals surface area contributed by atoms with Gasteiger partial charge in [0.2, 0.25) is 0 Å². The number of rotatable bonds is 5. The molecule has 0 spiro atoms. The average molecular weight is 299 g/mol. The van der Waals surface area contributed by atoms with Crippen LogP contribution in [0.5, 0.6) is 0 Å². The van der Waals surface area contributed by atoms with Crippen LogP contribution >= 0.6 is 12.4 Å². The summed E-state index contributed by atoms with van der Waals surface area (Å²) in [5, 5.41) is 8.14. The van der Waals surface area contributed by atoms with Gasteiger partial charge in [-0.2, -0.15) is 5.10 Å². The number of halogens is 1. The van der Waals surface area contributed by atoms with Gasteiger partial charge < -0.3 is 5.32 Å². The first kappa shape index (κ1) is 15.8. The van der Waals surface area contributed by atoms with Crippen LogP contribution < -0.4 is 5.32 Å². The molecule has 0 bridgehead atoms. The van der Waals surface area contributed by atoms with Crippen molar-refractivity contribution in [2.45, 2.75) is 64.7 Å². The minimum atomic E-state index is 0. The maximum atomic E-state index is 4.64. The molecule has 1 saturated heterocycles. The Morgan fingerprint density at radius 3 is 2.60 bits per heavy atom. The summed E-state index contributed by atoms with van der Waals surface area (Å²) in [5.41, 5.74) is 2.61. The molecular weight excluding hydrogens is 272 g/mol. The lowest BCUT2D eigenvalue weighted by Gasteiger charge is -2.28. The van der Waals surface area contributed by atoms with Crippen molar-refractivity contribution in [2.75, 3.05) is 13.1 Å². The van der Waals surface area contributed by atoms with Crippen molar-refractivity contribution < 1.29 is 0 Å². The Bertz CT molecular complexity index is 433. The van der Waals surface area contributed by atoms with E-state index in [2.05, 4.69) is 47.0 Å². The second-order valence-electron chi connectivity index (χ2n) is 6.36. The van der Waals surface area contributed by atoms with E-state index < -0.39 is 0 Å². The Kier molecular flexibility index (Phi) is 5.10. The normalized spacial score (nSPS) is 22.6. The molecule has 1 unspecified atom stereocenters. The van der Waals surface area contributed by atoms with E-state index in [-0.39, 0.29) is 12.4 Å². The summed E-state index contributed by atoms with van der Waals surface area (Å²) in [6.45, 7) is 9.94. The summed E-state index contributed by atoms with van der Waals surface area (Å²) in [4.78, 5) is 2.72. The Morgan fingerprint density at radius 1 is 1.35 bits per heavy atom. The Labute approximate surface area is 128 Å². The van der Waals surface area contributed by atoms with Gasteiger partial charge in [0.15, 0.2) is 0 Å². The van der Waals surface area contributed by atoms with Crippen LogP contribution in [0.4, 0.5) is 0 Å². The van der Waals surface area contributed by atoms with Gasteiger partial charge in [-0.3, -0.25) is 9.58 Å². The third kappa shape index (κ3) is 3.35. The molecule has 1 aliphatic carbocycles. The predicted molar refractivity (Wildman–Crippen MR) is 84.4 cm³/mol. The zero-order valence-corrected chi connectivity index (χ0v) is 13.6. The number of aryl methyl sites for hydroxylation is 1. The maximum absolute atomic E-state index is 4.64. The van der Waals surface area contributed by atoms with Crippen molar-refractivity contribution in [3.05, 3.63) is 17.5 Å². The Balaban J connectivity index is 0.00000147. The third-order valence-electron chi connectivity index (χ3n) is 4.42. The van der Waals surface area contributed by atoms with Crippen molar-refractivity contribution in [1.29, 1.82) is 0 Å². The van der Waals surface area contributed by atoms with E-state index in [1.165, 1.54) is 37.1 Å². The van der Waals surface area contributed by atoms with Crippen LogP contribution in [0, 0.1) is 6.92 Å². The van der Waals surface area contributed by atoms with Crippen molar-refractivity contribution in [3.63, 3.8) is 0 Å². The van der Waals surface area contributed by atoms with Crippen LogP contribution in [0.1, 0.15) is 50.4 Å². The fourth-order valence-electron chi connectivity index (χ4n) is 3.02. The SMILES string of the molecule is Cc1nn(C(C)C)cc1CN(C1CC1)C1CCNC1.Cl. The van der Waals surface area contributed by atoms with Gasteiger partial charge in [-0.05, 0) is 46.6 Å². The monoisotopic (exact) mass is 298 g/mol. The van der Waals surface area contributed by atoms with Gasteiger partial charge in [0.05, 0.1) is 5.69 Å². The van der Waals surface area contributed by atoms with Gasteiger partial charge >= 0.3 is 0 Å². The van der Waals surface area contributed by atoms with E-state index in [1.807, 2.05) is 0 Å². The van der Waals surface area contributed by atoms with Crippen molar-refractivity contribution in [1.82, 2.24) is 20.0 Å². The molecule has 20 heavy (non-hydrogen) atoms. The van der Waals surface area contributed by atoms with Gasteiger partial charge in [-0.25, -0.2) is 0 Å². The summed E-state index contributed by atoms with van der Waals surface area (Å²) in [6, 6.07) is 2.01. The largest absolute Gasteiger partial charge is 0.315 e. The Hall–Kier alpha value is -0.580. The number of hydrogen-bond donors (Lipinski definition) is 1. The molecule has 0 aromatic carbocycles. The fourth-order valence-corrected chi connectivity index (χ4v) is 3.02. The molecule has 2 heterocycles. The van der Waals surface area contributed by atoms with E-state index in [0.29, 0.717) is 6.04 Å². The molecule has 1 saturated carbocycles. The van der Waals surface area contributed by atoms with Crippen LogP contribution in [-0.2, 0) is 6.54 Å². The molecule has 2 fully saturated rings. The molecule has 4 nitrogen and oxygen atoms in total. The lowest BCUT2D eigenvalue weighted by molar-refractivity contribution is 0.188. The third-order valence-corrected chi connectivity index (χ3v) is 4.42. The average Bonchev–Trinajstić information content (AvgIpc) is 2.93. The lowest BCUT2D eigenvalue weighted by Crippen LogP contribution is -2.38. The zero-order chi connectivity index (χ0) is 13.4. The molecule has 1 aromatic rings. The van der Waals surface area contributed by atoms with Gasteiger partial charge in [0.25, 0.3) is 0 Å². The highest BCUT2D eigenvalue weighted by Crippen LogP contribution is 2.32. The standard InChI is InChI=1S/C15H26N4.ClH/c1-11(2)19-10-13(12(3)17-19)9-18(14-4-5-14)15-6-7-16-8-15;/h10-11,14-16H,4-9H2,1-3H3;1H. The highest BCUT2D eigenvalue weighted by molar-refractivity contribution is 5.85. The summed E-state index contributed by atoms with van der Waals surface area (Å²) >= 11 is 0. The van der Waals surface area contributed by atoms with E-state index in [1.54, 1.807) is 0 Å². The number of nitrogens with zero attached hydrogens (tertiary/aromatic N) is 3. The van der Waals surface area contributed by atoms with Crippen molar-refractivity contribution in [3.8, 4) is 0 Å². The molecule has 3 rings (SSSR count). The maximum Gasteiger partial charge on any atom is 0.0638 e. The van der Waals surface area contributed by atoms with Crippen LogP contribution in [0.2, 0.25) is 0 Å². The molecule has 1 atom stereocenters. The van der Waals surface area contributed by atoms with Crippen LogP contribution in [-0.4, -0.2) is 39.9 Å².